The van der Waals surface area contributed by atoms with Crippen molar-refractivity contribution < 1.29 is 40.1 Å². The van der Waals surface area contributed by atoms with Crippen molar-refractivity contribution in [3.63, 3.8) is 0 Å². The lowest BCUT2D eigenvalue weighted by Crippen LogP contribution is -2.24. The highest BCUT2D eigenvalue weighted by atomic mass is 32.3. The molecular formula is C22H16F6N4O3S. The van der Waals surface area contributed by atoms with Crippen molar-refractivity contribution in [1.29, 1.82) is 0 Å². The number of hydrogen-bond donors (Lipinski definition) is 3. The first-order chi connectivity index (χ1) is 16.8. The molecule has 0 unspecified atom stereocenters. The van der Waals surface area contributed by atoms with Crippen LogP contribution in [0, 0.1) is 17.6 Å². The quantitative estimate of drug-likeness (QED) is 0.171. The van der Waals surface area contributed by atoms with Gasteiger partial charge in [-0.15, -0.1) is 10.1 Å². The highest BCUT2D eigenvalue weighted by Crippen LogP contribution is 2.34. The van der Waals surface area contributed by atoms with E-state index < -0.39 is 45.5 Å². The van der Waals surface area contributed by atoms with E-state index in [-0.39, 0.29) is 39.3 Å². The van der Waals surface area contributed by atoms with Crippen molar-refractivity contribution in [2.45, 2.75) is 11.9 Å². The second-order valence-corrected chi connectivity index (χ2v) is 10.5. The molecule has 190 valence electrons. The van der Waals surface area contributed by atoms with Gasteiger partial charge in [0.25, 0.3) is 0 Å². The van der Waals surface area contributed by atoms with E-state index in [4.69, 9.17) is 4.42 Å². The summed E-state index contributed by atoms with van der Waals surface area (Å²) in [6.45, 7) is 0. The van der Waals surface area contributed by atoms with E-state index in [1.54, 1.807) is 0 Å². The molecular weight excluding hydrogens is 514 g/mol. The van der Waals surface area contributed by atoms with E-state index >= 15 is 0 Å². The second-order valence-electron chi connectivity index (χ2n) is 7.77. The number of fused-ring (bicyclic) bond motifs is 1. The first-order valence-corrected chi connectivity index (χ1v) is 12.3. The Hall–Kier alpha value is -3.78. The molecule has 0 saturated heterocycles. The van der Waals surface area contributed by atoms with Crippen LogP contribution in [0.5, 0.6) is 0 Å². The Bertz CT molecular complexity index is 1530. The summed E-state index contributed by atoms with van der Waals surface area (Å²) in [6, 6.07) is 7.17. The zero-order valence-electron chi connectivity index (χ0n) is 18.1. The molecule has 0 spiro atoms. The van der Waals surface area contributed by atoms with Crippen LogP contribution in [0.15, 0.2) is 57.6 Å². The fourth-order valence-corrected chi connectivity index (χ4v) is 4.87. The van der Waals surface area contributed by atoms with E-state index in [1.807, 2.05) is 0 Å². The number of carbonyl (C=O) groups is 1. The van der Waals surface area contributed by atoms with Gasteiger partial charge in [-0.3, -0.25) is 4.79 Å². The predicted octanol–water partition coefficient (Wildman–Crippen LogP) is 5.81. The van der Waals surface area contributed by atoms with Gasteiger partial charge < -0.3 is 14.3 Å². The van der Waals surface area contributed by atoms with Gasteiger partial charge in [-0.2, -0.15) is 21.9 Å². The smallest absolute Gasteiger partial charge is 0.464 e. The van der Waals surface area contributed by atoms with E-state index in [0.29, 0.717) is 0 Å². The molecule has 3 aromatic heterocycles. The molecule has 2 N–H and O–H groups in total. The van der Waals surface area contributed by atoms with Crippen LogP contribution in [0.4, 0.5) is 38.0 Å². The fourth-order valence-electron chi connectivity index (χ4n) is 3.42. The topological polar surface area (TPSA) is 101 Å². The first kappa shape index (κ1) is 25.3. The molecule has 0 bridgehead atoms. The number of amides is 1. The molecule has 36 heavy (non-hydrogen) atoms. The lowest BCUT2D eigenvalue weighted by atomic mass is 10.0. The fraction of sp³-hybridized carbons (Fsp3) is 0.136. The van der Waals surface area contributed by atoms with E-state index in [0.717, 1.165) is 24.6 Å². The summed E-state index contributed by atoms with van der Waals surface area (Å²) in [5, 5.41) is 2.78. The Morgan fingerprint density at radius 3 is 2.56 bits per heavy atom. The number of benzene rings is 1. The van der Waals surface area contributed by atoms with E-state index in [9.17, 15) is 35.7 Å². The minimum Gasteiger partial charge on any atom is -0.464 e. The average molecular weight is 530 g/mol. The van der Waals surface area contributed by atoms with Crippen LogP contribution in [-0.4, -0.2) is 32.9 Å². The maximum absolute atomic E-state index is 14.6. The molecule has 4 aromatic rings. The normalized spacial score (nSPS) is 12.6. The van der Waals surface area contributed by atoms with Gasteiger partial charge >= 0.3 is 12.1 Å². The molecule has 0 aliphatic heterocycles. The minimum absolute atomic E-state index is 0.000205. The number of nitrogens with zero attached hydrogens (tertiary/aromatic N) is 3. The Morgan fingerprint density at radius 2 is 1.83 bits per heavy atom. The summed E-state index contributed by atoms with van der Waals surface area (Å²) in [5.74, 6) is -5.52. The minimum atomic E-state index is -5.25. The lowest BCUT2D eigenvalue weighted by molar-refractivity contribution is -0.169. The van der Waals surface area contributed by atoms with Crippen molar-refractivity contribution in [2.75, 3.05) is 11.6 Å². The Labute approximate surface area is 200 Å². The molecule has 0 atom stereocenters. The Morgan fingerprint density at radius 1 is 1.08 bits per heavy atom. The Kier molecular flexibility index (Phi) is 6.58. The zero-order chi connectivity index (χ0) is 26.3. The van der Waals surface area contributed by atoms with Crippen LogP contribution in [-0.2, 0) is 20.7 Å². The van der Waals surface area contributed by atoms with Crippen LogP contribution >= 0.6 is 0 Å². The number of alkyl halides is 3. The number of carbonyl (C=O) groups excluding carboxylic acids is 1. The summed E-state index contributed by atoms with van der Waals surface area (Å²) in [7, 11) is -3.79. The van der Waals surface area contributed by atoms with Crippen molar-refractivity contribution in [3.05, 3.63) is 72.0 Å². The third-order valence-electron chi connectivity index (χ3n) is 4.85. The molecule has 1 aromatic carbocycles. The number of halogens is 6. The molecule has 7 nitrogen and oxygen atoms in total. The molecule has 0 saturated carbocycles. The Balaban J connectivity index is 1.65. The van der Waals surface area contributed by atoms with Gasteiger partial charge in [-0.05, 0) is 48.2 Å². The largest absolute Gasteiger partial charge is 0.474 e. The number of anilines is 2. The van der Waals surface area contributed by atoms with Crippen LogP contribution in [0.1, 0.15) is 5.56 Å². The molecule has 0 fully saturated rings. The molecule has 0 aliphatic carbocycles. The maximum atomic E-state index is 14.6. The molecule has 14 heteroatoms. The van der Waals surface area contributed by atoms with Crippen molar-refractivity contribution in [2.24, 2.45) is 4.36 Å². The standard InChI is InChI=1S/C22H16F6N4O3S/c1-36(34,32-21(33)22(26,27)28)10-11-6-17(25)30-19(7-11)31-18-8-14(16(24)9-29-18)12-2-3-15(23)13-4-5-35-20(12)13/h2-9,36H,10H2,1H3,(H,29,30,31)(H,32,33,34). The molecule has 4 rings (SSSR count). The number of pyridine rings is 2. The van der Waals surface area contributed by atoms with Gasteiger partial charge in [0.2, 0.25) is 5.95 Å². The monoisotopic (exact) mass is 530 g/mol. The van der Waals surface area contributed by atoms with Gasteiger partial charge in [-0.25, -0.2) is 18.7 Å². The number of furan rings is 1. The number of aromatic nitrogens is 2. The van der Waals surface area contributed by atoms with Gasteiger partial charge in [0, 0.05) is 16.9 Å². The lowest BCUT2D eigenvalue weighted by Gasteiger charge is -2.18. The zero-order valence-corrected chi connectivity index (χ0v) is 19.0. The van der Waals surface area contributed by atoms with Crippen LogP contribution in [0.3, 0.4) is 0 Å². The molecule has 3 heterocycles. The number of thiol groups is 1. The summed E-state index contributed by atoms with van der Waals surface area (Å²) < 4.78 is 98.5. The molecule has 1 amide bonds. The number of nitrogens with one attached hydrogen (secondary N) is 1. The van der Waals surface area contributed by atoms with Gasteiger partial charge in [0.15, 0.2) is 0 Å². The van der Waals surface area contributed by atoms with E-state index in [2.05, 4.69) is 19.6 Å². The number of rotatable bonds is 5. The van der Waals surface area contributed by atoms with Crippen molar-refractivity contribution >= 4 is 38.6 Å². The van der Waals surface area contributed by atoms with Gasteiger partial charge in [0.05, 0.1) is 17.8 Å². The van der Waals surface area contributed by atoms with Crippen LogP contribution in [0.25, 0.3) is 22.1 Å². The highest BCUT2D eigenvalue weighted by molar-refractivity contribution is 7.98. The van der Waals surface area contributed by atoms with E-state index in [1.165, 1.54) is 30.5 Å². The summed E-state index contributed by atoms with van der Waals surface area (Å²) in [6.07, 6.45) is -2.17. The summed E-state index contributed by atoms with van der Waals surface area (Å²) >= 11 is 0. The third-order valence-corrected chi connectivity index (χ3v) is 6.43. The maximum Gasteiger partial charge on any atom is 0.474 e. The van der Waals surface area contributed by atoms with Crippen LogP contribution in [0.2, 0.25) is 0 Å². The summed E-state index contributed by atoms with van der Waals surface area (Å²) in [4.78, 5) is 18.6. The highest BCUT2D eigenvalue weighted by Gasteiger charge is 2.39. The molecule has 0 aliphatic rings. The van der Waals surface area contributed by atoms with Crippen molar-refractivity contribution in [1.82, 2.24) is 9.97 Å². The SMILES string of the molecule is C[SH](O)(Cc1cc(F)nc(Nc2cc(-c3ccc(F)c4ccoc34)c(F)cn2)c1)=NC(=O)C(F)(F)F. The average Bonchev–Trinajstić information content (AvgIpc) is 3.25. The van der Waals surface area contributed by atoms with Crippen molar-refractivity contribution in [3.8, 4) is 11.1 Å². The molecule has 0 radical (unpaired) electrons. The second kappa shape index (κ2) is 9.35. The summed E-state index contributed by atoms with van der Waals surface area (Å²) in [5.41, 5.74) is 0.312. The first-order valence-electron chi connectivity index (χ1n) is 10.0. The van der Waals surface area contributed by atoms with Crippen LogP contribution < -0.4 is 5.32 Å². The predicted molar refractivity (Wildman–Crippen MR) is 121 cm³/mol. The third kappa shape index (κ3) is 5.54. The van der Waals surface area contributed by atoms with Gasteiger partial charge in [0.1, 0.15) is 28.9 Å². The van der Waals surface area contributed by atoms with Gasteiger partial charge in [-0.1, -0.05) is 0 Å². The number of hydrogen-bond acceptors (Lipinski definition) is 5.